The van der Waals surface area contributed by atoms with Crippen molar-refractivity contribution in [2.45, 2.75) is 25.9 Å². The Labute approximate surface area is 102 Å². The van der Waals surface area contributed by atoms with Gasteiger partial charge < -0.3 is 4.57 Å². The lowest BCUT2D eigenvalue weighted by molar-refractivity contribution is 0.156. The van der Waals surface area contributed by atoms with Gasteiger partial charge in [-0.15, -0.1) is 0 Å². The smallest absolute Gasteiger partial charge is 0.0882 e. The lowest BCUT2D eigenvalue weighted by Crippen LogP contribution is -2.38. The third-order valence-corrected chi connectivity index (χ3v) is 3.44. The zero-order valence-electron chi connectivity index (χ0n) is 10.1. The molecule has 0 aliphatic carbocycles. The molecular formula is C14H19N3. The normalized spacial score (nSPS) is 18.4. The molecule has 1 aliphatic rings. The molecule has 2 aromatic rings. The molecule has 3 rings (SSSR count). The lowest BCUT2D eigenvalue weighted by Gasteiger charge is -2.21. The van der Waals surface area contributed by atoms with Crippen LogP contribution in [0.15, 0.2) is 36.5 Å². The van der Waals surface area contributed by atoms with Crippen LogP contribution in [-0.4, -0.2) is 22.7 Å². The van der Waals surface area contributed by atoms with E-state index in [0.29, 0.717) is 0 Å². The number of fused-ring (bicyclic) bond motifs is 1. The number of hydrazine groups is 1. The van der Waals surface area contributed by atoms with Gasteiger partial charge in [-0.1, -0.05) is 24.6 Å². The molecule has 1 fully saturated rings. The second kappa shape index (κ2) is 4.90. The summed E-state index contributed by atoms with van der Waals surface area (Å²) in [6.45, 7) is 3.19. The summed E-state index contributed by atoms with van der Waals surface area (Å²) in [5.74, 6) is 0. The number of aromatic nitrogens is 1. The number of hydrogen-bond donors (Lipinski definition) is 1. The number of hydrogen-bond acceptors (Lipinski definition) is 2. The van der Waals surface area contributed by atoms with Crippen LogP contribution in [0, 0.1) is 0 Å². The van der Waals surface area contributed by atoms with Crippen molar-refractivity contribution in [3.63, 3.8) is 0 Å². The van der Waals surface area contributed by atoms with Crippen molar-refractivity contribution in [3.05, 3.63) is 36.5 Å². The van der Waals surface area contributed by atoms with Crippen LogP contribution in [0.5, 0.6) is 0 Å². The van der Waals surface area contributed by atoms with Crippen molar-refractivity contribution in [2.24, 2.45) is 0 Å². The highest BCUT2D eigenvalue weighted by molar-refractivity contribution is 5.79. The summed E-state index contributed by atoms with van der Waals surface area (Å²) < 4.78 is 2.31. The second-order valence-electron chi connectivity index (χ2n) is 4.72. The van der Waals surface area contributed by atoms with Crippen LogP contribution in [0.3, 0.4) is 0 Å². The van der Waals surface area contributed by atoms with Crippen LogP contribution >= 0.6 is 0 Å². The van der Waals surface area contributed by atoms with E-state index in [0.717, 1.165) is 19.8 Å². The highest BCUT2D eigenvalue weighted by Crippen LogP contribution is 2.15. The van der Waals surface area contributed by atoms with Gasteiger partial charge in [0.25, 0.3) is 0 Å². The van der Waals surface area contributed by atoms with E-state index in [1.165, 1.54) is 30.2 Å². The van der Waals surface area contributed by atoms with Crippen LogP contribution in [0.2, 0.25) is 0 Å². The standard InChI is InChI=1S/C14H19N3/c1-4-9-15-17(10-5-1)12-16-11-8-13-6-2-3-7-14(13)16/h2-3,6-8,11,15H,1,4-5,9-10,12H2. The monoisotopic (exact) mass is 229 g/mol. The van der Waals surface area contributed by atoms with Crippen LogP contribution in [0.25, 0.3) is 10.9 Å². The minimum atomic E-state index is 0.938. The fourth-order valence-corrected chi connectivity index (χ4v) is 2.49. The molecule has 0 unspecified atom stereocenters. The highest BCUT2D eigenvalue weighted by Gasteiger charge is 2.09. The van der Waals surface area contributed by atoms with Gasteiger partial charge in [-0.25, -0.2) is 5.01 Å². The first-order valence-electron chi connectivity index (χ1n) is 6.46. The topological polar surface area (TPSA) is 20.2 Å². The number of rotatable bonds is 2. The van der Waals surface area contributed by atoms with E-state index in [1.54, 1.807) is 0 Å². The highest BCUT2D eigenvalue weighted by atomic mass is 15.5. The summed E-state index contributed by atoms with van der Waals surface area (Å²) in [5, 5.41) is 3.65. The maximum atomic E-state index is 3.50. The van der Waals surface area contributed by atoms with E-state index in [1.807, 2.05) is 0 Å². The van der Waals surface area contributed by atoms with Crippen molar-refractivity contribution < 1.29 is 0 Å². The van der Waals surface area contributed by atoms with Crippen molar-refractivity contribution in [1.82, 2.24) is 15.0 Å². The van der Waals surface area contributed by atoms with Gasteiger partial charge in [0.05, 0.1) is 6.67 Å². The van der Waals surface area contributed by atoms with Gasteiger partial charge in [-0.2, -0.15) is 0 Å². The Morgan fingerprint density at radius 1 is 1.06 bits per heavy atom. The quantitative estimate of drug-likeness (QED) is 0.854. The molecule has 2 heterocycles. The summed E-state index contributed by atoms with van der Waals surface area (Å²) in [5.41, 5.74) is 4.82. The zero-order valence-corrected chi connectivity index (χ0v) is 10.1. The Balaban J connectivity index is 1.79. The molecule has 3 nitrogen and oxygen atoms in total. The molecule has 1 saturated heterocycles. The van der Waals surface area contributed by atoms with Crippen molar-refractivity contribution >= 4 is 10.9 Å². The molecule has 17 heavy (non-hydrogen) atoms. The van der Waals surface area contributed by atoms with Crippen LogP contribution < -0.4 is 5.43 Å². The largest absolute Gasteiger partial charge is 0.333 e. The SMILES string of the molecule is c1ccc2c(c1)ccn2CN1CCCCCN1. The molecule has 3 heteroatoms. The fourth-order valence-electron chi connectivity index (χ4n) is 2.49. The third kappa shape index (κ3) is 2.35. The van der Waals surface area contributed by atoms with Crippen LogP contribution in [0.1, 0.15) is 19.3 Å². The summed E-state index contributed by atoms with van der Waals surface area (Å²) in [4.78, 5) is 0. The van der Waals surface area contributed by atoms with Gasteiger partial charge in [0.15, 0.2) is 0 Å². The van der Waals surface area contributed by atoms with Crippen molar-refractivity contribution in [1.29, 1.82) is 0 Å². The first kappa shape index (κ1) is 10.8. The Morgan fingerprint density at radius 3 is 3.00 bits per heavy atom. The molecule has 0 atom stereocenters. The predicted octanol–water partition coefficient (Wildman–Crippen LogP) is 2.59. The molecule has 0 bridgehead atoms. The van der Waals surface area contributed by atoms with Gasteiger partial charge in [0.1, 0.15) is 0 Å². The third-order valence-electron chi connectivity index (χ3n) is 3.44. The average Bonchev–Trinajstić information content (AvgIpc) is 2.59. The average molecular weight is 229 g/mol. The van der Waals surface area contributed by atoms with Crippen LogP contribution in [-0.2, 0) is 6.67 Å². The summed E-state index contributed by atoms with van der Waals surface area (Å²) >= 11 is 0. The van der Waals surface area contributed by atoms with Gasteiger partial charge in [-0.05, 0) is 30.4 Å². The van der Waals surface area contributed by atoms with Gasteiger partial charge in [0, 0.05) is 24.8 Å². The Morgan fingerprint density at radius 2 is 2.00 bits per heavy atom. The fraction of sp³-hybridized carbons (Fsp3) is 0.429. The van der Waals surface area contributed by atoms with E-state index in [-0.39, 0.29) is 0 Å². The van der Waals surface area contributed by atoms with Gasteiger partial charge in [0.2, 0.25) is 0 Å². The van der Waals surface area contributed by atoms with Crippen molar-refractivity contribution in [3.8, 4) is 0 Å². The first-order valence-corrected chi connectivity index (χ1v) is 6.46. The van der Waals surface area contributed by atoms with E-state index < -0.39 is 0 Å². The maximum absolute atomic E-state index is 3.50. The number of nitrogens with one attached hydrogen (secondary N) is 1. The summed E-state index contributed by atoms with van der Waals surface area (Å²) in [6, 6.07) is 10.7. The van der Waals surface area contributed by atoms with Crippen LogP contribution in [0.4, 0.5) is 0 Å². The van der Waals surface area contributed by atoms with E-state index >= 15 is 0 Å². The summed E-state index contributed by atoms with van der Waals surface area (Å²) in [7, 11) is 0. The second-order valence-corrected chi connectivity index (χ2v) is 4.72. The van der Waals surface area contributed by atoms with Gasteiger partial charge >= 0.3 is 0 Å². The van der Waals surface area contributed by atoms with E-state index in [4.69, 9.17) is 0 Å². The molecular weight excluding hydrogens is 210 g/mol. The minimum Gasteiger partial charge on any atom is -0.333 e. The molecule has 0 amide bonds. The lowest BCUT2D eigenvalue weighted by atomic mass is 10.2. The van der Waals surface area contributed by atoms with Gasteiger partial charge in [-0.3, -0.25) is 5.43 Å². The Hall–Kier alpha value is -1.32. The predicted molar refractivity (Wildman–Crippen MR) is 70.5 cm³/mol. The molecule has 1 aromatic carbocycles. The number of nitrogens with zero attached hydrogens (tertiary/aromatic N) is 2. The number of para-hydroxylation sites is 1. The molecule has 0 saturated carbocycles. The molecule has 90 valence electrons. The molecule has 1 aliphatic heterocycles. The van der Waals surface area contributed by atoms with E-state index in [9.17, 15) is 0 Å². The molecule has 1 N–H and O–H groups in total. The molecule has 0 spiro atoms. The molecule has 1 aromatic heterocycles. The van der Waals surface area contributed by atoms with E-state index in [2.05, 4.69) is 51.5 Å². The van der Waals surface area contributed by atoms with Crippen molar-refractivity contribution in [2.75, 3.05) is 13.1 Å². The number of benzene rings is 1. The summed E-state index contributed by atoms with van der Waals surface area (Å²) in [6.07, 6.45) is 6.11. The zero-order chi connectivity index (χ0) is 11.5. The molecule has 0 radical (unpaired) electrons. The minimum absolute atomic E-state index is 0.938. The maximum Gasteiger partial charge on any atom is 0.0882 e. The Bertz CT molecular complexity index is 481. The first-order chi connectivity index (χ1) is 8.43. The Kier molecular flexibility index (Phi) is 3.12.